The minimum absolute atomic E-state index is 0.0178. The van der Waals surface area contributed by atoms with Crippen LogP contribution in [0.4, 0.5) is 10.2 Å². The fourth-order valence-corrected chi connectivity index (χ4v) is 1.42. The van der Waals surface area contributed by atoms with Gasteiger partial charge in [-0.1, -0.05) is 0 Å². The number of carbonyl (C=O) groups is 1. The second kappa shape index (κ2) is 5.27. The molecule has 1 fully saturated rings. The van der Waals surface area contributed by atoms with Crippen molar-refractivity contribution in [2.24, 2.45) is 0 Å². The Kier molecular flexibility index (Phi) is 3.73. The van der Waals surface area contributed by atoms with Gasteiger partial charge in [-0.3, -0.25) is 4.79 Å². The summed E-state index contributed by atoms with van der Waals surface area (Å²) in [5, 5.41) is 5.51. The van der Waals surface area contributed by atoms with Crippen molar-refractivity contribution in [1.82, 2.24) is 15.3 Å². The molecular formula is C10H12ClFN4O. The monoisotopic (exact) mass is 258 g/mol. The second-order valence-corrected chi connectivity index (χ2v) is 4.19. The molecule has 0 unspecified atom stereocenters. The van der Waals surface area contributed by atoms with E-state index in [0.29, 0.717) is 12.6 Å². The van der Waals surface area contributed by atoms with Gasteiger partial charge < -0.3 is 10.6 Å². The Labute approximate surface area is 103 Å². The van der Waals surface area contributed by atoms with Gasteiger partial charge in [-0.2, -0.15) is 4.98 Å². The van der Waals surface area contributed by atoms with Gasteiger partial charge in [0.25, 0.3) is 0 Å². The summed E-state index contributed by atoms with van der Waals surface area (Å²) in [6.45, 7) is 0.308. The van der Waals surface area contributed by atoms with Gasteiger partial charge in [-0.15, -0.1) is 0 Å². The average molecular weight is 259 g/mol. The van der Waals surface area contributed by atoms with Crippen LogP contribution < -0.4 is 10.6 Å². The third-order valence-corrected chi connectivity index (χ3v) is 2.48. The van der Waals surface area contributed by atoms with E-state index in [1.54, 1.807) is 0 Å². The molecule has 0 saturated heterocycles. The maximum atomic E-state index is 13.2. The zero-order valence-corrected chi connectivity index (χ0v) is 9.80. The minimum Gasteiger partial charge on any atom is -0.367 e. The first-order valence-electron chi connectivity index (χ1n) is 5.36. The first-order chi connectivity index (χ1) is 8.15. The molecule has 0 atom stereocenters. The van der Waals surface area contributed by atoms with Gasteiger partial charge in [0.2, 0.25) is 11.2 Å². The van der Waals surface area contributed by atoms with Crippen LogP contribution in [0.1, 0.15) is 19.3 Å². The van der Waals surface area contributed by atoms with Gasteiger partial charge in [0, 0.05) is 19.0 Å². The van der Waals surface area contributed by atoms with Crippen LogP contribution in [0.3, 0.4) is 0 Å². The van der Waals surface area contributed by atoms with E-state index >= 15 is 0 Å². The number of anilines is 1. The first kappa shape index (κ1) is 12.0. The highest BCUT2D eigenvalue weighted by molar-refractivity contribution is 6.28. The number of carbonyl (C=O) groups excluding carboxylic acids is 1. The van der Waals surface area contributed by atoms with Crippen molar-refractivity contribution in [3.63, 3.8) is 0 Å². The lowest BCUT2D eigenvalue weighted by atomic mass is 10.4. The van der Waals surface area contributed by atoms with E-state index in [2.05, 4.69) is 20.6 Å². The Morgan fingerprint density at radius 3 is 3.06 bits per heavy atom. The lowest BCUT2D eigenvalue weighted by Gasteiger charge is -2.06. The van der Waals surface area contributed by atoms with Crippen LogP contribution in [0.25, 0.3) is 0 Å². The van der Waals surface area contributed by atoms with Gasteiger partial charge in [-0.25, -0.2) is 9.37 Å². The number of amides is 1. The Morgan fingerprint density at radius 2 is 2.35 bits per heavy atom. The normalized spacial score (nSPS) is 14.5. The van der Waals surface area contributed by atoms with E-state index < -0.39 is 5.82 Å². The lowest BCUT2D eigenvalue weighted by molar-refractivity contribution is -0.120. The predicted octanol–water partition coefficient (Wildman–Crippen LogP) is 1.35. The highest BCUT2D eigenvalue weighted by Gasteiger charge is 2.22. The molecule has 7 heteroatoms. The first-order valence-corrected chi connectivity index (χ1v) is 5.74. The van der Waals surface area contributed by atoms with Gasteiger partial charge in [0.1, 0.15) is 0 Å². The zero-order valence-electron chi connectivity index (χ0n) is 9.04. The number of rotatable bonds is 5. The van der Waals surface area contributed by atoms with E-state index in [0.717, 1.165) is 19.0 Å². The number of hydrogen-bond donors (Lipinski definition) is 2. The summed E-state index contributed by atoms with van der Waals surface area (Å²) in [4.78, 5) is 18.5. The molecular weight excluding hydrogens is 247 g/mol. The standard InChI is InChI=1S/C10H12ClFN4O/c11-10-14-5-7(12)9(16-10)13-4-3-8(17)15-6-1-2-6/h5-6H,1-4H2,(H,15,17)(H,13,14,16). The Morgan fingerprint density at radius 1 is 1.59 bits per heavy atom. The third kappa shape index (κ3) is 3.81. The van der Waals surface area contributed by atoms with Gasteiger partial charge in [0.05, 0.1) is 6.20 Å². The zero-order chi connectivity index (χ0) is 12.3. The molecule has 0 radical (unpaired) electrons. The van der Waals surface area contributed by atoms with Crippen LogP contribution in [-0.2, 0) is 4.79 Å². The van der Waals surface area contributed by atoms with Crippen LogP contribution in [0.15, 0.2) is 6.20 Å². The molecule has 1 aliphatic carbocycles. The van der Waals surface area contributed by atoms with Gasteiger partial charge in [-0.05, 0) is 24.4 Å². The molecule has 1 saturated carbocycles. The van der Waals surface area contributed by atoms with Gasteiger partial charge in [0.15, 0.2) is 11.6 Å². The fourth-order valence-electron chi connectivity index (χ4n) is 1.29. The Bertz CT molecular complexity index is 425. The van der Waals surface area contributed by atoms with Gasteiger partial charge >= 0.3 is 0 Å². The van der Waals surface area contributed by atoms with Crippen molar-refractivity contribution in [2.45, 2.75) is 25.3 Å². The molecule has 92 valence electrons. The topological polar surface area (TPSA) is 66.9 Å². The molecule has 1 aliphatic rings. The molecule has 5 nitrogen and oxygen atoms in total. The van der Waals surface area contributed by atoms with Crippen molar-refractivity contribution in [2.75, 3.05) is 11.9 Å². The number of nitrogens with one attached hydrogen (secondary N) is 2. The third-order valence-electron chi connectivity index (χ3n) is 2.30. The van der Waals surface area contributed by atoms with E-state index in [1.165, 1.54) is 0 Å². The summed E-state index contributed by atoms with van der Waals surface area (Å²) in [7, 11) is 0. The molecule has 1 aromatic rings. The van der Waals surface area contributed by atoms with Crippen LogP contribution >= 0.6 is 11.6 Å². The number of aromatic nitrogens is 2. The number of halogens is 2. The van der Waals surface area contributed by atoms with Crippen LogP contribution in [0, 0.1) is 5.82 Å². The molecule has 0 spiro atoms. The molecule has 2 rings (SSSR count). The SMILES string of the molecule is O=C(CCNc1nc(Cl)ncc1F)NC1CC1. The van der Waals surface area contributed by atoms with E-state index in [1.807, 2.05) is 0 Å². The average Bonchev–Trinajstić information content (AvgIpc) is 3.07. The minimum atomic E-state index is -0.586. The number of hydrogen-bond acceptors (Lipinski definition) is 4. The fraction of sp³-hybridized carbons (Fsp3) is 0.500. The smallest absolute Gasteiger partial charge is 0.224 e. The van der Waals surface area contributed by atoms with Crippen LogP contribution in [-0.4, -0.2) is 28.5 Å². The van der Waals surface area contributed by atoms with Crippen molar-refractivity contribution < 1.29 is 9.18 Å². The molecule has 1 aromatic heterocycles. The quantitative estimate of drug-likeness (QED) is 0.783. The highest BCUT2D eigenvalue weighted by Crippen LogP contribution is 2.18. The predicted molar refractivity (Wildman–Crippen MR) is 61.3 cm³/mol. The molecule has 0 aromatic carbocycles. The maximum absolute atomic E-state index is 13.2. The van der Waals surface area contributed by atoms with Crippen molar-refractivity contribution in [3.05, 3.63) is 17.3 Å². The summed E-state index contributed by atoms with van der Waals surface area (Å²) in [6, 6.07) is 0.340. The largest absolute Gasteiger partial charge is 0.367 e. The second-order valence-electron chi connectivity index (χ2n) is 3.85. The van der Waals surface area contributed by atoms with Crippen LogP contribution in [0.2, 0.25) is 5.28 Å². The van der Waals surface area contributed by atoms with E-state index in [4.69, 9.17) is 11.6 Å². The Hall–Kier alpha value is -1.43. The molecule has 17 heavy (non-hydrogen) atoms. The lowest BCUT2D eigenvalue weighted by Crippen LogP contribution is -2.27. The van der Waals surface area contributed by atoms with Crippen molar-refractivity contribution in [1.29, 1.82) is 0 Å². The summed E-state index contributed by atoms with van der Waals surface area (Å²) in [5.74, 6) is -0.609. The summed E-state index contributed by atoms with van der Waals surface area (Å²) >= 11 is 5.53. The molecule has 0 bridgehead atoms. The number of nitrogens with zero attached hydrogens (tertiary/aromatic N) is 2. The Balaban J connectivity index is 1.76. The summed E-state index contributed by atoms with van der Waals surface area (Å²) in [5.41, 5.74) is 0. The summed E-state index contributed by atoms with van der Waals surface area (Å²) in [6.07, 6.45) is 3.37. The van der Waals surface area contributed by atoms with E-state index in [9.17, 15) is 9.18 Å². The highest BCUT2D eigenvalue weighted by atomic mass is 35.5. The van der Waals surface area contributed by atoms with Crippen molar-refractivity contribution in [3.8, 4) is 0 Å². The molecule has 1 heterocycles. The van der Waals surface area contributed by atoms with E-state index in [-0.39, 0.29) is 23.4 Å². The van der Waals surface area contributed by atoms with Crippen molar-refractivity contribution >= 4 is 23.3 Å². The molecule has 2 N–H and O–H groups in total. The summed E-state index contributed by atoms with van der Waals surface area (Å²) < 4.78 is 13.2. The van der Waals surface area contributed by atoms with Crippen LogP contribution in [0.5, 0.6) is 0 Å². The molecule has 1 amide bonds. The maximum Gasteiger partial charge on any atom is 0.224 e. The molecule has 0 aliphatic heterocycles.